The van der Waals surface area contributed by atoms with E-state index in [1.165, 1.54) is 43.4 Å². The van der Waals surface area contributed by atoms with Crippen LogP contribution in [0.1, 0.15) is 10.4 Å². The molecule has 0 aliphatic rings. The Morgan fingerprint density at radius 2 is 1.69 bits per heavy atom. The monoisotopic (exact) mass is 492 g/mol. The highest BCUT2D eigenvalue weighted by atomic mass is 35.5. The zero-order valence-electron chi connectivity index (χ0n) is 16.8. The van der Waals surface area contributed by atoms with E-state index in [0.29, 0.717) is 10.7 Å². The zero-order valence-corrected chi connectivity index (χ0v) is 19.1. The number of hydrogen-bond acceptors (Lipinski definition) is 5. The lowest BCUT2D eigenvalue weighted by Gasteiger charge is -2.19. The Hall–Kier alpha value is -3.07. The molecule has 0 saturated carbocycles. The van der Waals surface area contributed by atoms with E-state index in [9.17, 15) is 18.0 Å². The van der Waals surface area contributed by atoms with E-state index in [2.05, 4.69) is 5.32 Å². The third-order valence-electron chi connectivity index (χ3n) is 4.38. The number of ether oxygens (including phenoxy) is 1. The lowest BCUT2D eigenvalue weighted by Crippen LogP contribution is -2.26. The molecule has 0 aromatic heterocycles. The molecule has 0 heterocycles. The highest BCUT2D eigenvalue weighted by Crippen LogP contribution is 2.25. The van der Waals surface area contributed by atoms with Crippen LogP contribution >= 0.6 is 23.2 Å². The normalized spacial score (nSPS) is 11.0. The molecule has 1 amide bonds. The topological polar surface area (TPSA) is 92.8 Å². The fourth-order valence-electron chi connectivity index (χ4n) is 2.71. The summed E-state index contributed by atoms with van der Waals surface area (Å²) >= 11 is 11.9. The van der Waals surface area contributed by atoms with Gasteiger partial charge in [0.2, 0.25) is 0 Å². The molecule has 0 atom stereocenters. The fraction of sp³-hybridized carbons (Fsp3) is 0.0909. The second-order valence-corrected chi connectivity index (χ2v) is 9.40. The average molecular weight is 493 g/mol. The number of nitrogens with one attached hydrogen (secondary N) is 1. The minimum Gasteiger partial charge on any atom is -0.452 e. The Bertz CT molecular complexity index is 1250. The smallest absolute Gasteiger partial charge is 0.338 e. The van der Waals surface area contributed by atoms with Gasteiger partial charge >= 0.3 is 5.97 Å². The lowest BCUT2D eigenvalue weighted by atomic mass is 10.2. The van der Waals surface area contributed by atoms with Crippen molar-refractivity contribution >= 4 is 56.5 Å². The number of sulfonamides is 1. The second-order valence-electron chi connectivity index (χ2n) is 6.58. The maximum absolute atomic E-state index is 12.9. The summed E-state index contributed by atoms with van der Waals surface area (Å²) in [6, 6.07) is 18.5. The van der Waals surface area contributed by atoms with Crippen molar-refractivity contribution in [2.45, 2.75) is 4.90 Å². The van der Waals surface area contributed by atoms with Gasteiger partial charge in [0.15, 0.2) is 6.61 Å². The third-order valence-corrected chi connectivity index (χ3v) is 6.73. The maximum atomic E-state index is 12.9. The first-order valence-corrected chi connectivity index (χ1v) is 11.4. The SMILES string of the molecule is CN(c1ccccc1)S(=O)(=O)c1cccc(C(=O)OCC(=O)Nc2cc(Cl)ccc2Cl)c1. The number of hydrogen-bond donors (Lipinski definition) is 1. The molecule has 10 heteroatoms. The van der Waals surface area contributed by atoms with Crippen LogP contribution in [0.15, 0.2) is 77.7 Å². The summed E-state index contributed by atoms with van der Waals surface area (Å²) in [6.45, 7) is -0.595. The number of amides is 1. The Morgan fingerprint density at radius 3 is 2.41 bits per heavy atom. The van der Waals surface area contributed by atoms with Crippen molar-refractivity contribution in [3.8, 4) is 0 Å². The van der Waals surface area contributed by atoms with Crippen LogP contribution in [-0.4, -0.2) is 33.9 Å². The van der Waals surface area contributed by atoms with Gasteiger partial charge in [-0.1, -0.05) is 47.5 Å². The molecule has 0 fully saturated rings. The van der Waals surface area contributed by atoms with Gasteiger partial charge in [-0.3, -0.25) is 9.10 Å². The van der Waals surface area contributed by atoms with Crippen LogP contribution in [0.4, 0.5) is 11.4 Å². The summed E-state index contributed by atoms with van der Waals surface area (Å²) in [4.78, 5) is 24.4. The number of halogens is 2. The first kappa shape index (κ1) is 23.6. The van der Waals surface area contributed by atoms with E-state index in [1.807, 2.05) is 0 Å². The van der Waals surface area contributed by atoms with E-state index in [4.69, 9.17) is 27.9 Å². The summed E-state index contributed by atoms with van der Waals surface area (Å²) in [5.74, 6) is -1.48. The molecular weight excluding hydrogens is 475 g/mol. The number of anilines is 2. The third kappa shape index (κ3) is 5.59. The van der Waals surface area contributed by atoms with Gasteiger partial charge in [-0.25, -0.2) is 13.2 Å². The van der Waals surface area contributed by atoms with Crippen molar-refractivity contribution in [2.75, 3.05) is 23.3 Å². The zero-order chi connectivity index (χ0) is 23.3. The first-order chi connectivity index (χ1) is 15.2. The molecule has 7 nitrogen and oxygen atoms in total. The predicted octanol–water partition coefficient (Wildman–Crippen LogP) is 4.61. The summed E-state index contributed by atoms with van der Waals surface area (Å²) in [5.41, 5.74) is 0.732. The number of carbonyl (C=O) groups is 2. The van der Waals surface area contributed by atoms with Crippen LogP contribution < -0.4 is 9.62 Å². The second kappa shape index (κ2) is 10.0. The van der Waals surface area contributed by atoms with E-state index in [0.717, 1.165) is 4.31 Å². The fourth-order valence-corrected chi connectivity index (χ4v) is 4.29. The number of rotatable bonds is 7. The van der Waals surface area contributed by atoms with E-state index < -0.39 is 28.5 Å². The van der Waals surface area contributed by atoms with Crippen molar-refractivity contribution in [3.63, 3.8) is 0 Å². The summed E-state index contributed by atoms with van der Waals surface area (Å²) in [7, 11) is -2.49. The van der Waals surface area contributed by atoms with Crippen molar-refractivity contribution in [1.82, 2.24) is 0 Å². The van der Waals surface area contributed by atoms with Crippen LogP contribution in [0.25, 0.3) is 0 Å². The van der Waals surface area contributed by atoms with Crippen molar-refractivity contribution in [1.29, 1.82) is 0 Å². The highest BCUT2D eigenvalue weighted by molar-refractivity contribution is 7.92. The lowest BCUT2D eigenvalue weighted by molar-refractivity contribution is -0.119. The van der Waals surface area contributed by atoms with Crippen LogP contribution in [-0.2, 0) is 19.6 Å². The van der Waals surface area contributed by atoms with Gasteiger partial charge in [0.1, 0.15) is 0 Å². The molecular formula is C22H18Cl2N2O5S. The van der Waals surface area contributed by atoms with E-state index in [1.54, 1.807) is 36.4 Å². The Kier molecular flexibility index (Phi) is 7.40. The molecule has 3 aromatic rings. The molecule has 0 unspecified atom stereocenters. The first-order valence-electron chi connectivity index (χ1n) is 9.24. The molecule has 166 valence electrons. The summed E-state index contributed by atoms with van der Waals surface area (Å²) in [6.07, 6.45) is 0. The van der Waals surface area contributed by atoms with Crippen molar-refractivity contribution in [2.24, 2.45) is 0 Å². The molecule has 0 spiro atoms. The van der Waals surface area contributed by atoms with Crippen molar-refractivity contribution in [3.05, 3.63) is 88.4 Å². The van der Waals surface area contributed by atoms with Crippen LogP contribution in [0.5, 0.6) is 0 Å². The highest BCUT2D eigenvalue weighted by Gasteiger charge is 2.23. The standard InChI is InChI=1S/C22H18Cl2N2O5S/c1-26(17-7-3-2-4-8-17)32(29,30)18-9-5-6-15(12-18)22(28)31-14-21(27)25-20-13-16(23)10-11-19(20)24/h2-13H,14H2,1H3,(H,25,27). The van der Waals surface area contributed by atoms with Crippen LogP contribution in [0.2, 0.25) is 10.0 Å². The molecule has 0 aliphatic heterocycles. The summed E-state index contributed by atoms with van der Waals surface area (Å²) < 4.78 is 32.0. The van der Waals surface area contributed by atoms with Gasteiger partial charge in [-0.2, -0.15) is 0 Å². The van der Waals surface area contributed by atoms with Gasteiger partial charge in [0.25, 0.3) is 15.9 Å². The van der Waals surface area contributed by atoms with Gasteiger partial charge < -0.3 is 10.1 Å². The molecule has 0 bridgehead atoms. The average Bonchev–Trinajstić information content (AvgIpc) is 2.80. The minimum absolute atomic E-state index is 0.0128. The predicted molar refractivity (Wildman–Crippen MR) is 124 cm³/mol. The molecule has 1 N–H and O–H groups in total. The number of benzene rings is 3. The largest absolute Gasteiger partial charge is 0.452 e. The molecule has 32 heavy (non-hydrogen) atoms. The summed E-state index contributed by atoms with van der Waals surface area (Å²) in [5, 5.41) is 3.14. The van der Waals surface area contributed by atoms with E-state index >= 15 is 0 Å². The molecule has 0 radical (unpaired) electrons. The molecule has 3 rings (SSSR count). The minimum atomic E-state index is -3.91. The van der Waals surface area contributed by atoms with Crippen LogP contribution in [0.3, 0.4) is 0 Å². The Morgan fingerprint density at radius 1 is 0.969 bits per heavy atom. The molecule has 3 aromatic carbocycles. The van der Waals surface area contributed by atoms with Crippen LogP contribution in [0, 0.1) is 0 Å². The van der Waals surface area contributed by atoms with Gasteiger partial charge in [-0.15, -0.1) is 0 Å². The molecule has 0 aliphatic carbocycles. The van der Waals surface area contributed by atoms with Gasteiger partial charge in [0.05, 0.1) is 26.9 Å². The number of carbonyl (C=O) groups excluding carboxylic acids is 2. The molecule has 0 saturated heterocycles. The number of nitrogens with zero attached hydrogens (tertiary/aromatic N) is 1. The number of esters is 1. The van der Waals surface area contributed by atoms with Gasteiger partial charge in [-0.05, 0) is 48.5 Å². The number of para-hydroxylation sites is 1. The maximum Gasteiger partial charge on any atom is 0.338 e. The quantitative estimate of drug-likeness (QED) is 0.485. The Labute approximate surface area is 195 Å². The van der Waals surface area contributed by atoms with Gasteiger partial charge in [0, 0.05) is 12.1 Å². The van der Waals surface area contributed by atoms with E-state index in [-0.39, 0.29) is 21.2 Å². The van der Waals surface area contributed by atoms with Crippen molar-refractivity contribution < 1.29 is 22.7 Å². The Balaban J connectivity index is 1.68.